The minimum Gasteiger partial charge on any atom is -0.465 e. The standard InChI is InChI=1S/C25H16Cl3F7N2O3S/c1-10-9-41-21(23(39)40-2)20(10)36-37-22(38)13-4-3-11(5-15(13)25(33,34)35)18(29)8-14(24(30,31)32)12-6-16(26)19(28)17(27)7-12/h3-9,14,36H,1-2H3,(H,37,38)/b18-8-. The third-order valence-corrected chi connectivity index (χ3v) is 7.80. The van der Waals surface area contributed by atoms with Gasteiger partial charge < -0.3 is 4.74 Å². The van der Waals surface area contributed by atoms with Crippen molar-refractivity contribution < 1.29 is 45.1 Å². The van der Waals surface area contributed by atoms with Gasteiger partial charge in [0.05, 0.1) is 39.0 Å². The van der Waals surface area contributed by atoms with E-state index in [1.54, 1.807) is 6.92 Å². The number of nitrogens with one attached hydrogen (secondary N) is 2. The monoisotopic (exact) mass is 662 g/mol. The minimum atomic E-state index is -5.21. The van der Waals surface area contributed by atoms with Crippen LogP contribution in [0.3, 0.4) is 0 Å². The van der Waals surface area contributed by atoms with Crippen molar-refractivity contribution in [2.75, 3.05) is 12.5 Å². The fourth-order valence-corrected chi connectivity index (χ4v) is 5.07. The summed E-state index contributed by atoms with van der Waals surface area (Å²) in [4.78, 5) is 24.6. The van der Waals surface area contributed by atoms with Crippen molar-refractivity contribution in [1.29, 1.82) is 0 Å². The largest absolute Gasteiger partial charge is 0.465 e. The van der Waals surface area contributed by atoms with Crippen LogP contribution in [0.2, 0.25) is 15.1 Å². The van der Waals surface area contributed by atoms with E-state index in [2.05, 4.69) is 10.2 Å². The van der Waals surface area contributed by atoms with Crippen LogP contribution in [-0.4, -0.2) is 25.2 Å². The van der Waals surface area contributed by atoms with Gasteiger partial charge in [-0.3, -0.25) is 15.6 Å². The highest BCUT2D eigenvalue weighted by atomic mass is 35.5. The average Bonchev–Trinajstić information content (AvgIpc) is 3.26. The molecule has 220 valence electrons. The third kappa shape index (κ3) is 7.45. The lowest BCUT2D eigenvalue weighted by molar-refractivity contribution is -0.140. The number of amides is 1. The normalized spacial score (nSPS) is 13.1. The van der Waals surface area contributed by atoms with Crippen LogP contribution in [-0.2, 0) is 10.9 Å². The number of allylic oxidation sites excluding steroid dienone is 1. The molecule has 3 rings (SSSR count). The summed E-state index contributed by atoms with van der Waals surface area (Å²) in [5.41, 5.74) is 0.842. The first-order valence-electron chi connectivity index (χ1n) is 11.0. The molecule has 0 fully saturated rings. The Labute approximate surface area is 246 Å². The molecule has 0 radical (unpaired) electrons. The molecule has 1 heterocycles. The molecule has 1 unspecified atom stereocenters. The lowest BCUT2D eigenvalue weighted by atomic mass is 9.95. The van der Waals surface area contributed by atoms with Crippen molar-refractivity contribution in [2.24, 2.45) is 0 Å². The van der Waals surface area contributed by atoms with Gasteiger partial charge in [-0.1, -0.05) is 40.9 Å². The molecule has 0 bridgehead atoms. The quantitative estimate of drug-likeness (QED) is 0.115. The number of carbonyl (C=O) groups is 2. The van der Waals surface area contributed by atoms with Gasteiger partial charge >= 0.3 is 18.3 Å². The van der Waals surface area contributed by atoms with Gasteiger partial charge in [0.2, 0.25) is 0 Å². The van der Waals surface area contributed by atoms with Gasteiger partial charge in [0.15, 0.2) is 0 Å². The molecule has 2 aromatic carbocycles. The molecule has 0 aliphatic carbocycles. The molecule has 3 aromatic rings. The highest BCUT2D eigenvalue weighted by molar-refractivity contribution is 7.12. The Hall–Kier alpha value is -3.00. The third-order valence-electron chi connectivity index (χ3n) is 5.52. The zero-order chi connectivity index (χ0) is 30.9. The number of carbonyl (C=O) groups excluding carboxylic acids is 2. The van der Waals surface area contributed by atoms with Gasteiger partial charge in [-0.05, 0) is 53.8 Å². The number of methoxy groups -OCH3 is 1. The molecule has 0 saturated carbocycles. The Bertz CT molecular complexity index is 1500. The molecule has 16 heteroatoms. The topological polar surface area (TPSA) is 67.4 Å². The summed E-state index contributed by atoms with van der Waals surface area (Å²) in [6.07, 6.45) is -10.3. The van der Waals surface area contributed by atoms with Crippen molar-refractivity contribution in [1.82, 2.24) is 5.43 Å². The van der Waals surface area contributed by atoms with Crippen molar-refractivity contribution in [3.05, 3.63) is 89.6 Å². The number of alkyl halides is 6. The Morgan fingerprint density at radius 1 is 1.02 bits per heavy atom. The maximum atomic E-state index is 15.1. The minimum absolute atomic E-state index is 0.0337. The van der Waals surface area contributed by atoms with E-state index in [0.29, 0.717) is 17.7 Å². The zero-order valence-electron chi connectivity index (χ0n) is 20.5. The maximum absolute atomic E-state index is 15.1. The molecule has 1 aromatic heterocycles. The highest BCUT2D eigenvalue weighted by Crippen LogP contribution is 2.43. The maximum Gasteiger partial charge on any atom is 0.417 e. The number of benzene rings is 2. The van der Waals surface area contributed by atoms with E-state index in [4.69, 9.17) is 34.8 Å². The van der Waals surface area contributed by atoms with Crippen LogP contribution in [0.25, 0.3) is 5.83 Å². The van der Waals surface area contributed by atoms with E-state index in [1.165, 1.54) is 5.38 Å². The molecular formula is C25H16Cl3F7N2O3S. The molecule has 41 heavy (non-hydrogen) atoms. The first kappa shape index (κ1) is 32.5. The molecule has 5 nitrogen and oxygen atoms in total. The van der Waals surface area contributed by atoms with E-state index < -0.39 is 58.2 Å². The molecule has 0 aliphatic heterocycles. The summed E-state index contributed by atoms with van der Waals surface area (Å²) in [6.45, 7) is 1.56. The van der Waals surface area contributed by atoms with Gasteiger partial charge in [-0.15, -0.1) is 11.3 Å². The number of ether oxygens (including phenoxy) is 1. The van der Waals surface area contributed by atoms with Crippen LogP contribution < -0.4 is 10.9 Å². The second-order valence-electron chi connectivity index (χ2n) is 8.28. The number of hydrazine groups is 1. The number of thiophene rings is 1. The summed E-state index contributed by atoms with van der Waals surface area (Å²) in [7, 11) is 1.11. The van der Waals surface area contributed by atoms with Crippen molar-refractivity contribution in [3.63, 3.8) is 0 Å². The Morgan fingerprint density at radius 3 is 2.17 bits per heavy atom. The number of rotatable bonds is 7. The Kier molecular flexibility index (Phi) is 9.89. The van der Waals surface area contributed by atoms with Crippen LogP contribution in [0.4, 0.5) is 36.4 Å². The van der Waals surface area contributed by atoms with E-state index in [1.807, 2.05) is 5.43 Å². The van der Waals surface area contributed by atoms with Crippen molar-refractivity contribution >= 4 is 69.5 Å². The number of aryl methyl sites for hydroxylation is 1. The van der Waals surface area contributed by atoms with Crippen LogP contribution in [0.5, 0.6) is 0 Å². The molecular weight excluding hydrogens is 648 g/mol. The molecule has 0 spiro atoms. The number of esters is 1. The summed E-state index contributed by atoms with van der Waals surface area (Å²) < 4.78 is 103. The summed E-state index contributed by atoms with van der Waals surface area (Å²) in [6, 6.07) is 3.12. The molecule has 1 atom stereocenters. The predicted molar refractivity (Wildman–Crippen MR) is 142 cm³/mol. The fourth-order valence-electron chi connectivity index (χ4n) is 3.53. The Morgan fingerprint density at radius 2 is 1.63 bits per heavy atom. The van der Waals surface area contributed by atoms with Crippen LogP contribution in [0.15, 0.2) is 41.8 Å². The SMILES string of the molecule is COC(=O)c1scc(C)c1NNC(=O)c1ccc(/C(F)=C/C(c2cc(Cl)c(Cl)c(Cl)c2)C(F)(F)F)cc1C(F)(F)F. The van der Waals surface area contributed by atoms with E-state index in [0.717, 1.165) is 30.6 Å². The molecule has 0 saturated heterocycles. The average molecular weight is 664 g/mol. The van der Waals surface area contributed by atoms with Gasteiger partial charge in [-0.25, -0.2) is 9.18 Å². The highest BCUT2D eigenvalue weighted by Gasteiger charge is 2.41. The van der Waals surface area contributed by atoms with Gasteiger partial charge in [-0.2, -0.15) is 26.3 Å². The van der Waals surface area contributed by atoms with Crippen LogP contribution >= 0.6 is 46.1 Å². The van der Waals surface area contributed by atoms with Crippen LogP contribution in [0, 0.1) is 6.92 Å². The van der Waals surface area contributed by atoms with E-state index in [-0.39, 0.29) is 37.8 Å². The predicted octanol–water partition coefficient (Wildman–Crippen LogP) is 9.24. The fraction of sp³-hybridized carbons (Fsp3) is 0.200. The van der Waals surface area contributed by atoms with Crippen molar-refractivity contribution in [3.8, 4) is 0 Å². The second-order valence-corrected chi connectivity index (χ2v) is 10.4. The van der Waals surface area contributed by atoms with Gasteiger partial charge in [0.1, 0.15) is 16.6 Å². The van der Waals surface area contributed by atoms with Gasteiger partial charge in [0.25, 0.3) is 5.91 Å². The second kappa shape index (κ2) is 12.5. The lowest BCUT2D eigenvalue weighted by Crippen LogP contribution is -2.32. The van der Waals surface area contributed by atoms with Crippen molar-refractivity contribution in [2.45, 2.75) is 25.2 Å². The number of hydrogen-bond acceptors (Lipinski definition) is 5. The zero-order valence-corrected chi connectivity index (χ0v) is 23.6. The van der Waals surface area contributed by atoms with E-state index >= 15 is 4.39 Å². The van der Waals surface area contributed by atoms with Crippen LogP contribution in [0.1, 0.15) is 48.2 Å². The smallest absolute Gasteiger partial charge is 0.417 e. The summed E-state index contributed by atoms with van der Waals surface area (Å²) >= 11 is 18.3. The first-order chi connectivity index (χ1) is 18.9. The summed E-state index contributed by atoms with van der Waals surface area (Å²) in [5, 5.41) is 0.594. The Balaban J connectivity index is 1.98. The summed E-state index contributed by atoms with van der Waals surface area (Å²) in [5.74, 6) is -6.41. The number of anilines is 1. The number of hydrogen-bond donors (Lipinski definition) is 2. The van der Waals surface area contributed by atoms with Gasteiger partial charge in [0, 0.05) is 5.56 Å². The van der Waals surface area contributed by atoms with E-state index in [9.17, 15) is 35.9 Å². The molecule has 2 N–H and O–H groups in total. The number of halogens is 10. The first-order valence-corrected chi connectivity index (χ1v) is 13.0. The molecule has 1 amide bonds. The molecule has 0 aliphatic rings. The lowest BCUT2D eigenvalue weighted by Gasteiger charge is -2.19.